The molecule has 0 atom stereocenters. The van der Waals surface area contributed by atoms with Gasteiger partial charge in [-0.25, -0.2) is 0 Å². The van der Waals surface area contributed by atoms with Crippen molar-refractivity contribution in [1.29, 1.82) is 0 Å². The quantitative estimate of drug-likeness (QED) is 0.816. The minimum atomic E-state index is -0.911. The van der Waals surface area contributed by atoms with Gasteiger partial charge in [-0.1, -0.05) is 42.9 Å². The predicted octanol–water partition coefficient (Wildman–Crippen LogP) is 3.77. The Morgan fingerprint density at radius 2 is 1.81 bits per heavy atom. The SMILES string of the molecule is CC(C)(C)C#Cc1cccc2cc(C(=O)NC3(C(N)=O)CCCC3)ccc12. The molecule has 0 heterocycles. The van der Waals surface area contributed by atoms with Gasteiger partial charge in [-0.15, -0.1) is 0 Å². The largest absolute Gasteiger partial charge is 0.368 e. The molecule has 3 rings (SSSR count). The normalized spacial score (nSPS) is 15.8. The first-order valence-corrected chi connectivity index (χ1v) is 9.39. The molecule has 4 heteroatoms. The van der Waals surface area contributed by atoms with Crippen LogP contribution in [0.1, 0.15) is 62.4 Å². The predicted molar refractivity (Wildman–Crippen MR) is 108 cm³/mol. The van der Waals surface area contributed by atoms with E-state index in [0.29, 0.717) is 18.4 Å². The Morgan fingerprint density at radius 3 is 2.44 bits per heavy atom. The summed E-state index contributed by atoms with van der Waals surface area (Å²) >= 11 is 0. The summed E-state index contributed by atoms with van der Waals surface area (Å²) in [5.74, 6) is 5.79. The number of carbonyl (C=O) groups is 2. The average molecular weight is 362 g/mol. The third-order valence-electron chi connectivity index (χ3n) is 5.00. The summed E-state index contributed by atoms with van der Waals surface area (Å²) in [6, 6.07) is 11.4. The fraction of sp³-hybridized carbons (Fsp3) is 0.391. The molecule has 2 aromatic rings. The summed E-state index contributed by atoms with van der Waals surface area (Å²) in [7, 11) is 0. The first-order valence-electron chi connectivity index (χ1n) is 9.39. The first kappa shape index (κ1) is 19.0. The van der Waals surface area contributed by atoms with Crippen LogP contribution in [0.4, 0.5) is 0 Å². The van der Waals surface area contributed by atoms with Crippen molar-refractivity contribution in [2.24, 2.45) is 11.1 Å². The van der Waals surface area contributed by atoms with Crippen molar-refractivity contribution in [2.45, 2.75) is 52.0 Å². The van der Waals surface area contributed by atoms with Crippen molar-refractivity contribution in [3.05, 3.63) is 47.5 Å². The van der Waals surface area contributed by atoms with Crippen LogP contribution >= 0.6 is 0 Å². The molecule has 0 saturated heterocycles. The first-order chi connectivity index (χ1) is 12.7. The van der Waals surface area contributed by atoms with Gasteiger partial charge in [0.1, 0.15) is 5.54 Å². The summed E-state index contributed by atoms with van der Waals surface area (Å²) in [5, 5.41) is 4.85. The molecule has 0 spiro atoms. The van der Waals surface area contributed by atoms with E-state index in [9.17, 15) is 9.59 Å². The van der Waals surface area contributed by atoms with Crippen LogP contribution in [0.2, 0.25) is 0 Å². The Bertz CT molecular complexity index is 952. The van der Waals surface area contributed by atoms with Gasteiger partial charge < -0.3 is 11.1 Å². The zero-order valence-electron chi connectivity index (χ0n) is 16.2. The molecule has 0 aliphatic heterocycles. The molecule has 1 aliphatic carbocycles. The molecule has 4 nitrogen and oxygen atoms in total. The van der Waals surface area contributed by atoms with E-state index >= 15 is 0 Å². The fourth-order valence-corrected chi connectivity index (χ4v) is 3.49. The van der Waals surface area contributed by atoms with Gasteiger partial charge in [0, 0.05) is 16.5 Å². The highest BCUT2D eigenvalue weighted by Gasteiger charge is 2.41. The Kier molecular flexibility index (Phi) is 4.97. The van der Waals surface area contributed by atoms with Crippen LogP contribution in [0.3, 0.4) is 0 Å². The van der Waals surface area contributed by atoms with Gasteiger partial charge in [0.25, 0.3) is 5.91 Å². The van der Waals surface area contributed by atoms with Gasteiger partial charge in [-0.2, -0.15) is 0 Å². The third kappa shape index (κ3) is 4.14. The number of benzene rings is 2. The van der Waals surface area contributed by atoms with Crippen molar-refractivity contribution in [3.8, 4) is 11.8 Å². The number of hydrogen-bond acceptors (Lipinski definition) is 2. The number of hydrogen-bond donors (Lipinski definition) is 2. The summed E-state index contributed by atoms with van der Waals surface area (Å²) in [6.45, 7) is 6.22. The molecule has 27 heavy (non-hydrogen) atoms. The molecule has 1 saturated carbocycles. The molecular weight excluding hydrogens is 336 g/mol. The van der Waals surface area contributed by atoms with Crippen LogP contribution in [-0.2, 0) is 4.79 Å². The molecule has 0 unspecified atom stereocenters. The molecule has 140 valence electrons. The highest BCUT2D eigenvalue weighted by Crippen LogP contribution is 2.30. The summed E-state index contributed by atoms with van der Waals surface area (Å²) < 4.78 is 0. The number of carbonyl (C=O) groups excluding carboxylic acids is 2. The molecule has 2 aromatic carbocycles. The van der Waals surface area contributed by atoms with E-state index in [1.165, 1.54) is 0 Å². The highest BCUT2D eigenvalue weighted by molar-refractivity contribution is 6.02. The topological polar surface area (TPSA) is 72.2 Å². The second-order valence-electron chi connectivity index (χ2n) is 8.35. The Morgan fingerprint density at radius 1 is 1.11 bits per heavy atom. The lowest BCUT2D eigenvalue weighted by Gasteiger charge is -2.26. The van der Waals surface area contributed by atoms with Gasteiger partial charge >= 0.3 is 0 Å². The second-order valence-corrected chi connectivity index (χ2v) is 8.35. The van der Waals surface area contributed by atoms with E-state index in [2.05, 4.69) is 37.9 Å². The van der Waals surface area contributed by atoms with E-state index in [0.717, 1.165) is 29.2 Å². The zero-order chi connectivity index (χ0) is 19.7. The molecule has 0 aromatic heterocycles. The maximum Gasteiger partial charge on any atom is 0.252 e. The number of nitrogens with one attached hydrogen (secondary N) is 1. The lowest BCUT2D eigenvalue weighted by Crippen LogP contribution is -2.55. The van der Waals surface area contributed by atoms with Crippen LogP contribution in [-0.4, -0.2) is 17.4 Å². The van der Waals surface area contributed by atoms with Crippen LogP contribution in [0, 0.1) is 17.3 Å². The molecule has 0 bridgehead atoms. The molecule has 1 fully saturated rings. The van der Waals surface area contributed by atoms with Crippen molar-refractivity contribution < 1.29 is 9.59 Å². The molecular formula is C23H26N2O2. The fourth-order valence-electron chi connectivity index (χ4n) is 3.49. The summed E-state index contributed by atoms with van der Waals surface area (Å²) in [5.41, 5.74) is 6.05. The Hall–Kier alpha value is -2.80. The van der Waals surface area contributed by atoms with Gasteiger partial charge in [0.05, 0.1) is 0 Å². The van der Waals surface area contributed by atoms with Gasteiger partial charge in [-0.05, 0) is 62.6 Å². The van der Waals surface area contributed by atoms with Crippen molar-refractivity contribution >= 4 is 22.6 Å². The molecule has 2 amide bonds. The Labute approximate surface area is 160 Å². The zero-order valence-corrected chi connectivity index (χ0v) is 16.2. The Balaban J connectivity index is 1.92. The maximum atomic E-state index is 12.7. The van der Waals surface area contributed by atoms with Crippen LogP contribution in [0.15, 0.2) is 36.4 Å². The highest BCUT2D eigenvalue weighted by atomic mass is 16.2. The summed E-state index contributed by atoms with van der Waals surface area (Å²) in [6.07, 6.45) is 3.01. The van der Waals surface area contributed by atoms with Crippen molar-refractivity contribution in [3.63, 3.8) is 0 Å². The van der Waals surface area contributed by atoms with Gasteiger partial charge in [0.15, 0.2) is 0 Å². The second kappa shape index (κ2) is 7.08. The van der Waals surface area contributed by atoms with E-state index in [-0.39, 0.29) is 11.3 Å². The minimum Gasteiger partial charge on any atom is -0.368 e. The van der Waals surface area contributed by atoms with Gasteiger partial charge in [-0.3, -0.25) is 9.59 Å². The van der Waals surface area contributed by atoms with Crippen molar-refractivity contribution in [2.75, 3.05) is 0 Å². The molecule has 3 N–H and O–H groups in total. The lowest BCUT2D eigenvalue weighted by atomic mass is 9.95. The number of nitrogens with two attached hydrogens (primary N) is 1. The van der Waals surface area contributed by atoms with E-state index < -0.39 is 11.4 Å². The van der Waals surface area contributed by atoms with E-state index in [1.54, 1.807) is 6.07 Å². The molecule has 0 radical (unpaired) electrons. The third-order valence-corrected chi connectivity index (χ3v) is 5.00. The standard InChI is InChI=1S/C23H26N2O2/c1-22(2,3)14-11-16-7-6-8-17-15-18(9-10-19(16)17)20(26)25-23(21(24)27)12-4-5-13-23/h6-10,15H,4-5,12-13H2,1-3H3,(H2,24,27)(H,25,26). The van der Waals surface area contributed by atoms with Crippen LogP contribution in [0.25, 0.3) is 10.8 Å². The number of rotatable bonds is 3. The van der Waals surface area contributed by atoms with Gasteiger partial charge in [0.2, 0.25) is 5.91 Å². The summed E-state index contributed by atoms with van der Waals surface area (Å²) in [4.78, 5) is 24.6. The minimum absolute atomic E-state index is 0.0770. The number of fused-ring (bicyclic) bond motifs is 1. The maximum absolute atomic E-state index is 12.7. The smallest absolute Gasteiger partial charge is 0.252 e. The number of amides is 2. The van der Waals surface area contributed by atoms with Crippen LogP contribution in [0.5, 0.6) is 0 Å². The monoisotopic (exact) mass is 362 g/mol. The van der Waals surface area contributed by atoms with Crippen LogP contribution < -0.4 is 11.1 Å². The average Bonchev–Trinajstić information content (AvgIpc) is 3.08. The van der Waals surface area contributed by atoms with E-state index in [1.807, 2.05) is 30.3 Å². The molecule has 1 aliphatic rings. The van der Waals surface area contributed by atoms with Crippen molar-refractivity contribution in [1.82, 2.24) is 5.32 Å². The van der Waals surface area contributed by atoms with E-state index in [4.69, 9.17) is 5.73 Å². The lowest BCUT2D eigenvalue weighted by molar-refractivity contribution is -0.123. The number of primary amides is 1.